The van der Waals surface area contributed by atoms with E-state index in [0.29, 0.717) is 19.4 Å². The molecule has 2 N–H and O–H groups in total. The van der Waals surface area contributed by atoms with Gasteiger partial charge in [-0.2, -0.15) is 0 Å². The molecular weight excluding hydrogens is 163 g/mol. The second kappa shape index (κ2) is 4.28. The molecule has 0 amide bonds. The summed E-state index contributed by atoms with van der Waals surface area (Å²) in [5.74, 6) is 0. The molecule has 1 aliphatic heterocycles. The van der Waals surface area contributed by atoms with E-state index in [1.54, 1.807) is 0 Å². The lowest BCUT2D eigenvalue weighted by Gasteiger charge is -2.29. The van der Waals surface area contributed by atoms with Crippen LogP contribution in [0.1, 0.15) is 12.8 Å². The fourth-order valence-electron chi connectivity index (χ4n) is 1.25. The molecule has 0 aromatic rings. The maximum absolute atomic E-state index is 13.6. The molecule has 66 valence electrons. The van der Waals surface area contributed by atoms with Gasteiger partial charge in [-0.15, -0.1) is 0 Å². The van der Waals surface area contributed by atoms with Gasteiger partial charge in [-0.05, 0) is 32.2 Å². The number of rotatable bonds is 3. The first-order valence-electron chi connectivity index (χ1n) is 3.92. The van der Waals surface area contributed by atoms with E-state index >= 15 is 0 Å². The molecule has 4 heteroatoms. The highest BCUT2D eigenvalue weighted by atomic mass is 32.2. The van der Waals surface area contributed by atoms with Gasteiger partial charge in [-0.25, -0.2) is 4.39 Å². The van der Waals surface area contributed by atoms with Gasteiger partial charge in [0.2, 0.25) is 0 Å². The third kappa shape index (κ3) is 2.97. The van der Waals surface area contributed by atoms with E-state index in [0.717, 1.165) is 13.1 Å². The zero-order valence-corrected chi connectivity index (χ0v) is 7.64. The Morgan fingerprint density at radius 3 is 2.73 bits per heavy atom. The first-order chi connectivity index (χ1) is 5.27. The second-order valence-electron chi connectivity index (χ2n) is 2.93. The molecule has 0 radical (unpaired) electrons. The van der Waals surface area contributed by atoms with Gasteiger partial charge in [0, 0.05) is 6.54 Å². The summed E-state index contributed by atoms with van der Waals surface area (Å²) in [7, 11) is 0. The minimum atomic E-state index is -0.964. The van der Waals surface area contributed by atoms with Crippen LogP contribution in [-0.4, -0.2) is 31.6 Å². The zero-order valence-electron chi connectivity index (χ0n) is 6.82. The quantitative estimate of drug-likeness (QED) is 0.629. The molecule has 1 fully saturated rings. The molecule has 0 saturated carbocycles. The Morgan fingerprint density at radius 1 is 1.55 bits per heavy atom. The van der Waals surface area contributed by atoms with Crippen LogP contribution in [-0.2, 0) is 0 Å². The number of piperidine rings is 1. The highest BCUT2D eigenvalue weighted by molar-refractivity contribution is 7.96. The van der Waals surface area contributed by atoms with Gasteiger partial charge in [0.05, 0.1) is 0 Å². The Hall–Kier alpha value is 0.200. The topological polar surface area (TPSA) is 24.1 Å². The van der Waals surface area contributed by atoms with Gasteiger partial charge in [0.1, 0.15) is 5.67 Å². The van der Waals surface area contributed by atoms with Crippen molar-refractivity contribution in [3.8, 4) is 0 Å². The van der Waals surface area contributed by atoms with Crippen LogP contribution in [0.5, 0.6) is 0 Å². The van der Waals surface area contributed by atoms with Crippen molar-refractivity contribution in [1.82, 2.24) is 10.0 Å². The number of hydrogen-bond acceptors (Lipinski definition) is 3. The predicted octanol–water partition coefficient (Wildman–Crippen LogP) is 0.946. The van der Waals surface area contributed by atoms with Crippen LogP contribution in [0.25, 0.3) is 0 Å². The molecule has 1 heterocycles. The molecule has 11 heavy (non-hydrogen) atoms. The standard InChI is InChI=1S/C7H15FN2S/c1-11-10-6-7(8)2-4-9-5-3-7/h9-10H,2-6H2,1H3. The van der Waals surface area contributed by atoms with E-state index in [-0.39, 0.29) is 0 Å². The molecule has 1 saturated heterocycles. The first kappa shape index (κ1) is 9.29. The minimum absolute atomic E-state index is 0.482. The first-order valence-corrected chi connectivity index (χ1v) is 5.15. The summed E-state index contributed by atoms with van der Waals surface area (Å²) in [6.07, 6.45) is 3.20. The SMILES string of the molecule is CSNCC1(F)CCNCC1. The van der Waals surface area contributed by atoms with E-state index in [4.69, 9.17) is 0 Å². The van der Waals surface area contributed by atoms with Gasteiger partial charge in [0.25, 0.3) is 0 Å². The lowest BCUT2D eigenvalue weighted by molar-refractivity contribution is 0.122. The van der Waals surface area contributed by atoms with Gasteiger partial charge in [-0.3, -0.25) is 4.72 Å². The smallest absolute Gasteiger partial charge is 0.126 e. The van der Waals surface area contributed by atoms with Crippen molar-refractivity contribution in [3.63, 3.8) is 0 Å². The summed E-state index contributed by atoms with van der Waals surface area (Å²) in [4.78, 5) is 0. The molecule has 0 atom stereocenters. The second-order valence-corrected chi connectivity index (χ2v) is 3.62. The maximum atomic E-state index is 13.6. The van der Waals surface area contributed by atoms with Crippen molar-refractivity contribution in [3.05, 3.63) is 0 Å². The van der Waals surface area contributed by atoms with E-state index in [9.17, 15) is 4.39 Å². The number of alkyl halides is 1. The Kier molecular flexibility index (Phi) is 3.62. The van der Waals surface area contributed by atoms with Crippen molar-refractivity contribution in [1.29, 1.82) is 0 Å². The van der Waals surface area contributed by atoms with Crippen LogP contribution in [0, 0.1) is 0 Å². The van der Waals surface area contributed by atoms with Crippen LogP contribution in [0.2, 0.25) is 0 Å². The van der Waals surface area contributed by atoms with Crippen molar-refractivity contribution >= 4 is 11.9 Å². The third-order valence-corrected chi connectivity index (χ3v) is 2.47. The van der Waals surface area contributed by atoms with Gasteiger partial charge < -0.3 is 5.32 Å². The number of hydrogen-bond donors (Lipinski definition) is 2. The fourth-order valence-corrected chi connectivity index (χ4v) is 1.66. The van der Waals surface area contributed by atoms with Crippen LogP contribution in [0.4, 0.5) is 4.39 Å². The molecular formula is C7H15FN2S. The molecule has 0 aliphatic carbocycles. The summed E-state index contributed by atoms with van der Waals surface area (Å²) in [6.45, 7) is 2.11. The van der Waals surface area contributed by atoms with Gasteiger partial charge in [0.15, 0.2) is 0 Å². The predicted molar refractivity (Wildman–Crippen MR) is 47.5 cm³/mol. The van der Waals surface area contributed by atoms with E-state index < -0.39 is 5.67 Å². The summed E-state index contributed by atoms with van der Waals surface area (Å²) in [6, 6.07) is 0. The number of halogens is 1. The summed E-state index contributed by atoms with van der Waals surface area (Å²) in [5, 5.41) is 3.14. The van der Waals surface area contributed by atoms with Crippen LogP contribution < -0.4 is 10.0 Å². The average molecular weight is 178 g/mol. The highest BCUT2D eigenvalue weighted by Crippen LogP contribution is 2.22. The van der Waals surface area contributed by atoms with Gasteiger partial charge >= 0.3 is 0 Å². The van der Waals surface area contributed by atoms with Crippen LogP contribution >= 0.6 is 11.9 Å². The zero-order chi connectivity index (χ0) is 8.16. The third-order valence-electron chi connectivity index (χ3n) is 2.03. The largest absolute Gasteiger partial charge is 0.316 e. The Labute approximate surface area is 71.4 Å². The maximum Gasteiger partial charge on any atom is 0.126 e. The van der Waals surface area contributed by atoms with Crippen molar-refractivity contribution in [2.45, 2.75) is 18.5 Å². The Bertz CT molecular complexity index is 115. The number of nitrogens with one attached hydrogen (secondary N) is 2. The summed E-state index contributed by atoms with van der Waals surface area (Å²) < 4.78 is 16.6. The molecule has 0 aromatic heterocycles. The normalized spacial score (nSPS) is 23.5. The Morgan fingerprint density at radius 2 is 2.18 bits per heavy atom. The monoisotopic (exact) mass is 178 g/mol. The molecule has 2 nitrogen and oxygen atoms in total. The van der Waals surface area contributed by atoms with Crippen LogP contribution in [0.3, 0.4) is 0 Å². The average Bonchev–Trinajstić information content (AvgIpc) is 2.03. The minimum Gasteiger partial charge on any atom is -0.316 e. The lowest BCUT2D eigenvalue weighted by atomic mass is 9.95. The lowest BCUT2D eigenvalue weighted by Crippen LogP contribution is -2.44. The van der Waals surface area contributed by atoms with E-state index in [2.05, 4.69) is 10.0 Å². The molecule has 0 unspecified atom stereocenters. The Balaban J connectivity index is 2.25. The fraction of sp³-hybridized carbons (Fsp3) is 1.00. The van der Waals surface area contributed by atoms with Crippen LogP contribution in [0.15, 0.2) is 0 Å². The molecule has 0 spiro atoms. The molecule has 0 aromatic carbocycles. The van der Waals surface area contributed by atoms with Crippen molar-refractivity contribution in [2.75, 3.05) is 25.9 Å². The highest BCUT2D eigenvalue weighted by Gasteiger charge is 2.30. The molecule has 1 rings (SSSR count). The molecule has 1 aliphatic rings. The summed E-state index contributed by atoms with van der Waals surface area (Å²) >= 11 is 1.48. The van der Waals surface area contributed by atoms with E-state index in [1.165, 1.54) is 11.9 Å². The van der Waals surface area contributed by atoms with Crippen molar-refractivity contribution in [2.24, 2.45) is 0 Å². The molecule has 0 bridgehead atoms. The van der Waals surface area contributed by atoms with Crippen molar-refractivity contribution < 1.29 is 4.39 Å². The summed E-state index contributed by atoms with van der Waals surface area (Å²) in [5.41, 5.74) is -0.964. The van der Waals surface area contributed by atoms with E-state index in [1.807, 2.05) is 6.26 Å². The van der Waals surface area contributed by atoms with Gasteiger partial charge in [-0.1, -0.05) is 11.9 Å².